The van der Waals surface area contributed by atoms with Crippen LogP contribution in [-0.4, -0.2) is 41.3 Å². The fraction of sp³-hybridized carbons (Fsp3) is 0.455. The van der Waals surface area contributed by atoms with Crippen LogP contribution in [0.15, 0.2) is 24.8 Å². The first-order valence-corrected chi connectivity index (χ1v) is 5.76. The predicted octanol–water partition coefficient (Wildman–Crippen LogP) is 0.723. The molecule has 6 heteroatoms. The Balaban J connectivity index is 2.64. The van der Waals surface area contributed by atoms with Gasteiger partial charge >= 0.3 is 6.09 Å². The summed E-state index contributed by atoms with van der Waals surface area (Å²) < 4.78 is 4.95. The minimum Gasteiger partial charge on any atom is -0.445 e. The van der Waals surface area contributed by atoms with Crippen LogP contribution in [-0.2, 0) is 9.53 Å². The van der Waals surface area contributed by atoms with Crippen molar-refractivity contribution in [3.05, 3.63) is 24.8 Å². The lowest BCUT2D eigenvalue weighted by atomic mass is 10.2. The van der Waals surface area contributed by atoms with E-state index < -0.39 is 12.0 Å². The molecule has 0 radical (unpaired) electrons. The molecule has 0 aromatic carbocycles. The van der Waals surface area contributed by atoms with Crippen molar-refractivity contribution in [1.29, 1.82) is 0 Å². The highest BCUT2D eigenvalue weighted by atomic mass is 32.1. The van der Waals surface area contributed by atoms with Gasteiger partial charge in [-0.1, -0.05) is 18.7 Å². The van der Waals surface area contributed by atoms with Gasteiger partial charge in [-0.05, 0) is 6.42 Å². The van der Waals surface area contributed by atoms with E-state index in [1.165, 1.54) is 17.1 Å². The van der Waals surface area contributed by atoms with Crippen LogP contribution in [0.4, 0.5) is 4.79 Å². The predicted molar refractivity (Wildman–Crippen MR) is 67.8 cm³/mol. The molecule has 0 bridgehead atoms. The highest BCUT2D eigenvalue weighted by Crippen LogP contribution is 2.23. The molecule has 17 heavy (non-hydrogen) atoms. The third-order valence-electron chi connectivity index (χ3n) is 2.36. The van der Waals surface area contributed by atoms with E-state index in [1.807, 2.05) is 0 Å². The molecule has 0 unspecified atom stereocenters. The standard InChI is InChI=1S/C11H16N2O3S/c1-2-5-16-11(15)13-7-9(17)6-8(13)3-4-10(12)14/h2-4,8-9,17H,1,5-7H2,(H2,12,14)/b4-3+/t8-,9+/m1/s1. The molecule has 0 spiro atoms. The fourth-order valence-electron chi connectivity index (χ4n) is 1.65. The van der Waals surface area contributed by atoms with Crippen molar-refractivity contribution in [2.45, 2.75) is 17.7 Å². The van der Waals surface area contributed by atoms with Gasteiger partial charge in [-0.2, -0.15) is 12.6 Å². The van der Waals surface area contributed by atoms with Gasteiger partial charge in [-0.25, -0.2) is 4.79 Å². The molecule has 1 aliphatic heterocycles. The first-order chi connectivity index (χ1) is 8.04. The number of nitrogens with zero attached hydrogens (tertiary/aromatic N) is 1. The van der Waals surface area contributed by atoms with E-state index in [4.69, 9.17) is 10.5 Å². The van der Waals surface area contributed by atoms with Crippen LogP contribution in [0, 0.1) is 0 Å². The summed E-state index contributed by atoms with van der Waals surface area (Å²) in [5, 5.41) is 0.0776. The Morgan fingerprint density at radius 2 is 2.29 bits per heavy atom. The smallest absolute Gasteiger partial charge is 0.410 e. The molecule has 0 aliphatic carbocycles. The second-order valence-electron chi connectivity index (χ2n) is 3.74. The molecule has 1 aliphatic rings. The molecule has 1 fully saturated rings. The first-order valence-electron chi connectivity index (χ1n) is 5.24. The van der Waals surface area contributed by atoms with Gasteiger partial charge in [0.2, 0.25) is 5.91 Å². The number of primary amides is 1. The van der Waals surface area contributed by atoms with Crippen LogP contribution in [0.25, 0.3) is 0 Å². The quantitative estimate of drug-likeness (QED) is 0.442. The number of hydrogen-bond donors (Lipinski definition) is 2. The summed E-state index contributed by atoms with van der Waals surface area (Å²) >= 11 is 4.32. The third-order valence-corrected chi connectivity index (χ3v) is 2.74. The molecule has 5 nitrogen and oxygen atoms in total. The molecule has 2 atom stereocenters. The Bertz CT molecular complexity index is 344. The molecule has 0 saturated carbocycles. The van der Waals surface area contributed by atoms with Crippen LogP contribution in [0.3, 0.4) is 0 Å². The molecule has 1 rings (SSSR count). The summed E-state index contributed by atoms with van der Waals surface area (Å²) in [5.41, 5.74) is 5.01. The number of rotatable bonds is 4. The van der Waals surface area contributed by atoms with Crippen molar-refractivity contribution >= 4 is 24.6 Å². The van der Waals surface area contributed by atoms with E-state index in [2.05, 4.69) is 19.2 Å². The van der Waals surface area contributed by atoms with E-state index >= 15 is 0 Å². The van der Waals surface area contributed by atoms with Crippen molar-refractivity contribution in [2.24, 2.45) is 5.73 Å². The molecule has 1 heterocycles. The Morgan fingerprint density at radius 3 is 2.88 bits per heavy atom. The van der Waals surface area contributed by atoms with E-state index in [9.17, 15) is 9.59 Å². The van der Waals surface area contributed by atoms with E-state index in [0.29, 0.717) is 13.0 Å². The maximum Gasteiger partial charge on any atom is 0.410 e. The van der Waals surface area contributed by atoms with Gasteiger partial charge in [0, 0.05) is 17.9 Å². The normalized spacial score (nSPS) is 23.9. The van der Waals surface area contributed by atoms with Crippen LogP contribution in [0.1, 0.15) is 6.42 Å². The third kappa shape index (κ3) is 4.14. The number of carbonyl (C=O) groups excluding carboxylic acids is 2. The number of ether oxygens (including phenoxy) is 1. The van der Waals surface area contributed by atoms with Gasteiger partial charge in [-0.3, -0.25) is 4.79 Å². The molecule has 2 amide bonds. The van der Waals surface area contributed by atoms with Crippen molar-refractivity contribution in [3.8, 4) is 0 Å². The number of hydrogen-bond acceptors (Lipinski definition) is 4. The van der Waals surface area contributed by atoms with Crippen LogP contribution in [0.5, 0.6) is 0 Å². The largest absolute Gasteiger partial charge is 0.445 e. The second-order valence-corrected chi connectivity index (χ2v) is 4.47. The fourth-order valence-corrected chi connectivity index (χ4v) is 2.05. The van der Waals surface area contributed by atoms with Crippen LogP contribution < -0.4 is 5.73 Å². The molecule has 0 aromatic heterocycles. The zero-order chi connectivity index (χ0) is 12.8. The Morgan fingerprint density at radius 1 is 1.59 bits per heavy atom. The molecule has 2 N–H and O–H groups in total. The molecule has 1 saturated heterocycles. The summed E-state index contributed by atoms with van der Waals surface area (Å²) in [5.74, 6) is -0.535. The van der Waals surface area contributed by atoms with Crippen LogP contribution >= 0.6 is 12.6 Å². The van der Waals surface area contributed by atoms with Gasteiger partial charge in [0.15, 0.2) is 0 Å². The Hall–Kier alpha value is -1.43. The SMILES string of the molecule is C=CCOC(=O)N1C[C@@H](S)C[C@H]1/C=C/C(N)=O. The van der Waals surface area contributed by atoms with Gasteiger partial charge in [0.05, 0.1) is 6.04 Å². The number of amides is 2. The molecular formula is C11H16N2O3S. The van der Waals surface area contributed by atoms with Crippen LogP contribution in [0.2, 0.25) is 0 Å². The number of likely N-dealkylation sites (tertiary alicyclic amines) is 1. The van der Waals surface area contributed by atoms with Crippen molar-refractivity contribution < 1.29 is 14.3 Å². The number of carbonyl (C=O) groups is 2. The van der Waals surface area contributed by atoms with E-state index in [-0.39, 0.29) is 17.9 Å². The second kappa shape index (κ2) is 6.34. The Labute approximate surface area is 106 Å². The summed E-state index contributed by atoms with van der Waals surface area (Å²) in [6, 6.07) is -0.192. The first kappa shape index (κ1) is 13.6. The van der Waals surface area contributed by atoms with Gasteiger partial charge in [0.25, 0.3) is 0 Å². The number of nitrogens with two attached hydrogens (primary N) is 1. The topological polar surface area (TPSA) is 72.6 Å². The number of thiol groups is 1. The zero-order valence-corrected chi connectivity index (χ0v) is 10.3. The minimum absolute atomic E-state index is 0.0776. The maximum atomic E-state index is 11.7. The summed E-state index contributed by atoms with van der Waals surface area (Å²) in [6.07, 6.45) is 4.61. The van der Waals surface area contributed by atoms with E-state index in [1.54, 1.807) is 6.08 Å². The highest BCUT2D eigenvalue weighted by molar-refractivity contribution is 7.81. The summed E-state index contributed by atoms with van der Waals surface area (Å²) in [4.78, 5) is 23.9. The molecular weight excluding hydrogens is 240 g/mol. The zero-order valence-electron chi connectivity index (χ0n) is 9.41. The van der Waals surface area contributed by atoms with Gasteiger partial charge < -0.3 is 15.4 Å². The molecule has 94 valence electrons. The van der Waals surface area contributed by atoms with Crippen molar-refractivity contribution in [2.75, 3.05) is 13.2 Å². The minimum atomic E-state index is -0.535. The maximum absolute atomic E-state index is 11.7. The van der Waals surface area contributed by atoms with Crippen molar-refractivity contribution in [3.63, 3.8) is 0 Å². The lowest BCUT2D eigenvalue weighted by molar-refractivity contribution is -0.113. The lowest BCUT2D eigenvalue weighted by Crippen LogP contribution is -2.35. The highest BCUT2D eigenvalue weighted by Gasteiger charge is 2.32. The molecule has 0 aromatic rings. The Kier molecular flexibility index (Phi) is 5.09. The van der Waals surface area contributed by atoms with Gasteiger partial charge in [-0.15, -0.1) is 0 Å². The van der Waals surface area contributed by atoms with Gasteiger partial charge in [0.1, 0.15) is 6.61 Å². The average molecular weight is 256 g/mol. The lowest BCUT2D eigenvalue weighted by Gasteiger charge is -2.20. The monoisotopic (exact) mass is 256 g/mol. The summed E-state index contributed by atoms with van der Waals surface area (Å²) in [7, 11) is 0. The summed E-state index contributed by atoms with van der Waals surface area (Å²) in [6.45, 7) is 4.13. The van der Waals surface area contributed by atoms with E-state index in [0.717, 1.165) is 0 Å². The van der Waals surface area contributed by atoms with Crippen molar-refractivity contribution in [1.82, 2.24) is 4.90 Å². The average Bonchev–Trinajstić information content (AvgIpc) is 2.64.